The first-order valence-corrected chi connectivity index (χ1v) is 7.01. The van der Waals surface area contributed by atoms with Crippen LogP contribution in [0.4, 0.5) is 0 Å². The van der Waals surface area contributed by atoms with Crippen LogP contribution in [0, 0.1) is 11.3 Å². The number of amides is 1. The maximum Gasteiger partial charge on any atom is 0.272 e. The Bertz CT molecular complexity index is 506. The van der Waals surface area contributed by atoms with E-state index in [1.54, 1.807) is 12.1 Å². The summed E-state index contributed by atoms with van der Waals surface area (Å²) in [5.74, 6) is -0.0309. The van der Waals surface area contributed by atoms with Gasteiger partial charge in [-0.15, -0.1) is 0 Å². The van der Waals surface area contributed by atoms with Crippen molar-refractivity contribution >= 4 is 5.91 Å². The zero-order chi connectivity index (χ0) is 14.5. The van der Waals surface area contributed by atoms with E-state index in [1.807, 2.05) is 11.0 Å². The number of hydrogen-bond donors (Lipinski definition) is 0. The van der Waals surface area contributed by atoms with E-state index < -0.39 is 0 Å². The lowest BCUT2D eigenvalue weighted by molar-refractivity contribution is 0.0669. The highest BCUT2D eigenvalue weighted by molar-refractivity contribution is 5.92. The molecule has 1 aliphatic heterocycles. The molecular formula is C15H20N4O. The molecule has 1 atom stereocenters. The van der Waals surface area contributed by atoms with Gasteiger partial charge in [-0.25, -0.2) is 4.98 Å². The van der Waals surface area contributed by atoms with Crippen LogP contribution in [0.2, 0.25) is 0 Å². The lowest BCUT2D eigenvalue weighted by Crippen LogP contribution is -2.43. The highest BCUT2D eigenvalue weighted by atomic mass is 16.2. The summed E-state index contributed by atoms with van der Waals surface area (Å²) in [6.45, 7) is 4.79. The first-order valence-electron chi connectivity index (χ1n) is 7.01. The normalized spacial score (nSPS) is 20.2. The predicted molar refractivity (Wildman–Crippen MR) is 76.2 cm³/mol. The van der Waals surface area contributed by atoms with Crippen molar-refractivity contribution in [2.75, 3.05) is 26.7 Å². The molecule has 1 aromatic rings. The SMILES string of the molecule is CCC1CN(C)CCCN1C(=O)c1ccc(C#N)cn1. The fraction of sp³-hybridized carbons (Fsp3) is 0.533. The molecule has 0 bridgehead atoms. The quantitative estimate of drug-likeness (QED) is 0.818. The van der Waals surface area contributed by atoms with Gasteiger partial charge in [-0.2, -0.15) is 5.26 Å². The van der Waals surface area contributed by atoms with E-state index in [0.29, 0.717) is 11.3 Å². The maximum absolute atomic E-state index is 12.6. The van der Waals surface area contributed by atoms with Crippen LogP contribution in [-0.4, -0.2) is 53.4 Å². The van der Waals surface area contributed by atoms with Crippen LogP contribution in [0.3, 0.4) is 0 Å². The number of carbonyl (C=O) groups excluding carboxylic acids is 1. The summed E-state index contributed by atoms with van der Waals surface area (Å²) in [5.41, 5.74) is 0.899. The van der Waals surface area contributed by atoms with Gasteiger partial charge in [0.1, 0.15) is 11.8 Å². The Balaban J connectivity index is 2.18. The molecule has 1 saturated heterocycles. The highest BCUT2D eigenvalue weighted by Crippen LogP contribution is 2.15. The summed E-state index contributed by atoms with van der Waals surface area (Å²) in [5, 5.41) is 8.77. The van der Waals surface area contributed by atoms with Crippen molar-refractivity contribution in [2.24, 2.45) is 0 Å². The minimum Gasteiger partial charge on any atom is -0.333 e. The summed E-state index contributed by atoms with van der Waals surface area (Å²) in [7, 11) is 2.09. The van der Waals surface area contributed by atoms with Gasteiger partial charge in [0.2, 0.25) is 0 Å². The molecule has 5 nitrogen and oxygen atoms in total. The predicted octanol–water partition coefficient (Wildman–Crippen LogP) is 1.51. The van der Waals surface area contributed by atoms with Crippen molar-refractivity contribution in [3.8, 4) is 6.07 Å². The van der Waals surface area contributed by atoms with Crippen LogP contribution in [0.25, 0.3) is 0 Å². The highest BCUT2D eigenvalue weighted by Gasteiger charge is 2.27. The largest absolute Gasteiger partial charge is 0.333 e. The van der Waals surface area contributed by atoms with Gasteiger partial charge in [0.05, 0.1) is 5.56 Å². The number of pyridine rings is 1. The van der Waals surface area contributed by atoms with Crippen molar-refractivity contribution in [1.82, 2.24) is 14.8 Å². The number of likely N-dealkylation sites (N-methyl/N-ethyl adjacent to an activating group) is 1. The molecule has 106 valence electrons. The van der Waals surface area contributed by atoms with Crippen LogP contribution in [0.5, 0.6) is 0 Å². The minimum atomic E-state index is -0.0309. The Kier molecular flexibility index (Phi) is 4.70. The molecule has 2 heterocycles. The third-order valence-corrected chi connectivity index (χ3v) is 3.75. The van der Waals surface area contributed by atoms with Gasteiger partial charge in [0.15, 0.2) is 0 Å². The summed E-state index contributed by atoms with van der Waals surface area (Å²) >= 11 is 0. The molecule has 1 amide bonds. The number of carbonyl (C=O) groups is 1. The third-order valence-electron chi connectivity index (χ3n) is 3.75. The lowest BCUT2D eigenvalue weighted by Gasteiger charge is -2.30. The minimum absolute atomic E-state index is 0.0309. The number of hydrogen-bond acceptors (Lipinski definition) is 4. The van der Waals surface area contributed by atoms with Gasteiger partial charge in [0, 0.05) is 25.3 Å². The van der Waals surface area contributed by atoms with E-state index >= 15 is 0 Å². The molecule has 0 radical (unpaired) electrons. The number of nitrogens with zero attached hydrogens (tertiary/aromatic N) is 4. The first kappa shape index (κ1) is 14.5. The molecule has 0 spiro atoms. The molecule has 2 rings (SSSR count). The zero-order valence-corrected chi connectivity index (χ0v) is 12.0. The molecule has 1 aliphatic rings. The van der Waals surface area contributed by atoms with Gasteiger partial charge in [-0.1, -0.05) is 6.92 Å². The van der Waals surface area contributed by atoms with Crippen LogP contribution >= 0.6 is 0 Å². The van der Waals surface area contributed by atoms with E-state index in [-0.39, 0.29) is 11.9 Å². The van der Waals surface area contributed by atoms with E-state index in [4.69, 9.17) is 5.26 Å². The second-order valence-corrected chi connectivity index (χ2v) is 5.22. The molecule has 0 saturated carbocycles. The smallest absolute Gasteiger partial charge is 0.272 e. The standard InChI is InChI=1S/C15H20N4O/c1-3-13-11-18(2)7-4-8-19(13)15(20)14-6-5-12(9-16)10-17-14/h5-6,10,13H,3-4,7-8,11H2,1-2H3. The number of nitriles is 1. The second-order valence-electron chi connectivity index (χ2n) is 5.22. The van der Waals surface area contributed by atoms with Crippen LogP contribution in [-0.2, 0) is 0 Å². The Morgan fingerprint density at radius 1 is 1.50 bits per heavy atom. The summed E-state index contributed by atoms with van der Waals surface area (Å²) < 4.78 is 0. The second kappa shape index (κ2) is 6.49. The van der Waals surface area contributed by atoms with E-state index in [9.17, 15) is 4.79 Å². The molecule has 0 aromatic carbocycles. The average molecular weight is 272 g/mol. The molecule has 20 heavy (non-hydrogen) atoms. The Morgan fingerprint density at radius 3 is 2.90 bits per heavy atom. The molecule has 0 aliphatic carbocycles. The Morgan fingerprint density at radius 2 is 2.30 bits per heavy atom. The average Bonchev–Trinajstić information content (AvgIpc) is 2.67. The fourth-order valence-corrected chi connectivity index (χ4v) is 2.59. The lowest BCUT2D eigenvalue weighted by atomic mass is 10.1. The van der Waals surface area contributed by atoms with Crippen LogP contribution in [0.1, 0.15) is 35.8 Å². The zero-order valence-electron chi connectivity index (χ0n) is 12.0. The van der Waals surface area contributed by atoms with Gasteiger partial charge < -0.3 is 9.80 Å². The van der Waals surface area contributed by atoms with Crippen molar-refractivity contribution in [2.45, 2.75) is 25.8 Å². The Labute approximate surface area is 119 Å². The van der Waals surface area contributed by atoms with Gasteiger partial charge >= 0.3 is 0 Å². The van der Waals surface area contributed by atoms with Crippen molar-refractivity contribution in [1.29, 1.82) is 5.26 Å². The van der Waals surface area contributed by atoms with E-state index in [1.165, 1.54) is 6.20 Å². The van der Waals surface area contributed by atoms with Gasteiger partial charge in [0.25, 0.3) is 5.91 Å². The topological polar surface area (TPSA) is 60.2 Å². The fourth-order valence-electron chi connectivity index (χ4n) is 2.59. The third kappa shape index (κ3) is 3.14. The van der Waals surface area contributed by atoms with E-state index in [0.717, 1.165) is 32.5 Å². The molecule has 1 unspecified atom stereocenters. The summed E-state index contributed by atoms with van der Waals surface area (Å²) in [4.78, 5) is 20.9. The molecule has 1 fully saturated rings. The van der Waals surface area contributed by atoms with Crippen LogP contribution in [0.15, 0.2) is 18.3 Å². The first-order chi connectivity index (χ1) is 9.65. The van der Waals surface area contributed by atoms with Crippen LogP contribution < -0.4 is 0 Å². The molecular weight excluding hydrogens is 252 g/mol. The van der Waals surface area contributed by atoms with Crippen molar-refractivity contribution < 1.29 is 4.79 Å². The number of aromatic nitrogens is 1. The van der Waals surface area contributed by atoms with Gasteiger partial charge in [-0.3, -0.25) is 4.79 Å². The monoisotopic (exact) mass is 272 g/mol. The van der Waals surface area contributed by atoms with E-state index in [2.05, 4.69) is 23.9 Å². The van der Waals surface area contributed by atoms with Crippen molar-refractivity contribution in [3.63, 3.8) is 0 Å². The Hall–Kier alpha value is -1.93. The van der Waals surface area contributed by atoms with Crippen molar-refractivity contribution in [3.05, 3.63) is 29.6 Å². The molecule has 1 aromatic heterocycles. The molecule has 0 N–H and O–H groups in total. The van der Waals surface area contributed by atoms with Gasteiger partial charge in [-0.05, 0) is 38.6 Å². The summed E-state index contributed by atoms with van der Waals surface area (Å²) in [6.07, 6.45) is 3.37. The number of rotatable bonds is 2. The maximum atomic E-state index is 12.6. The molecule has 5 heteroatoms. The summed E-state index contributed by atoms with van der Waals surface area (Å²) in [6, 6.07) is 5.53.